The third-order valence-electron chi connectivity index (χ3n) is 5.17. The number of hydrogen-bond donors (Lipinski definition) is 2. The Morgan fingerprint density at radius 3 is 2.36 bits per heavy atom. The van der Waals surface area contributed by atoms with Crippen LogP contribution in [-0.2, 0) is 0 Å². The summed E-state index contributed by atoms with van der Waals surface area (Å²) < 4.78 is 43.8. The third kappa shape index (κ3) is 4.06. The summed E-state index contributed by atoms with van der Waals surface area (Å²) in [6.07, 6.45) is 0. The fourth-order valence-electron chi connectivity index (χ4n) is 3.62. The van der Waals surface area contributed by atoms with Gasteiger partial charge in [0, 0.05) is 23.6 Å². The van der Waals surface area contributed by atoms with E-state index in [9.17, 15) is 28.2 Å². The van der Waals surface area contributed by atoms with Gasteiger partial charge in [-0.05, 0) is 48.9 Å². The second kappa shape index (κ2) is 9.00. The van der Waals surface area contributed by atoms with E-state index in [0.717, 1.165) is 22.8 Å². The van der Waals surface area contributed by atoms with Crippen molar-refractivity contribution >= 4 is 17.0 Å². The Labute approximate surface area is 186 Å². The minimum atomic E-state index is -0.973. The number of halogens is 3. The third-order valence-corrected chi connectivity index (χ3v) is 5.17. The average Bonchev–Trinajstić information content (AvgIpc) is 2.78. The van der Waals surface area contributed by atoms with Crippen molar-refractivity contribution in [2.75, 3.05) is 24.8 Å². The summed E-state index contributed by atoms with van der Waals surface area (Å²) in [5, 5.41) is 19.4. The van der Waals surface area contributed by atoms with Crippen molar-refractivity contribution in [3.05, 3.63) is 81.9 Å². The number of aliphatic hydroxyl groups excluding tert-OH is 2. The highest BCUT2D eigenvalue weighted by molar-refractivity contribution is 5.93. The van der Waals surface area contributed by atoms with E-state index in [1.165, 1.54) is 35.2 Å². The SMILES string of the molecule is Cc1cc(F)ccc1-c1nc(N(CO)CCO)nc2c1ccc(=O)n2-c1c(F)cccc1F. The van der Waals surface area contributed by atoms with Crippen LogP contribution in [0.25, 0.3) is 28.0 Å². The minimum Gasteiger partial charge on any atom is -0.395 e. The predicted octanol–water partition coefficient (Wildman–Crippen LogP) is 2.92. The number of anilines is 1. The van der Waals surface area contributed by atoms with Crippen molar-refractivity contribution in [3.8, 4) is 16.9 Å². The van der Waals surface area contributed by atoms with Crippen molar-refractivity contribution in [2.45, 2.75) is 6.92 Å². The first-order chi connectivity index (χ1) is 15.8. The summed E-state index contributed by atoms with van der Waals surface area (Å²) in [5.74, 6) is -2.50. The number of pyridine rings is 1. The monoisotopic (exact) mass is 456 g/mol. The minimum absolute atomic E-state index is 0.0467. The molecule has 4 aromatic rings. The number of nitrogens with zero attached hydrogens (tertiary/aromatic N) is 4. The number of aryl methyl sites for hydroxylation is 1. The molecule has 0 atom stereocenters. The van der Waals surface area contributed by atoms with E-state index in [4.69, 9.17) is 0 Å². The standard InChI is InChI=1S/C23H19F3N4O3/c1-13-11-14(24)5-6-15(13)20-16-7-8-19(33)30(21-17(25)3-2-4-18(21)26)22(16)28-23(27-20)29(12-32)9-10-31/h2-8,11,31-32H,9-10,12H2,1H3. The van der Waals surface area contributed by atoms with Gasteiger partial charge in [-0.3, -0.25) is 9.36 Å². The van der Waals surface area contributed by atoms with Crippen LogP contribution in [0, 0.1) is 24.4 Å². The smallest absolute Gasteiger partial charge is 0.256 e. The van der Waals surface area contributed by atoms with Crippen LogP contribution in [0.1, 0.15) is 5.56 Å². The highest BCUT2D eigenvalue weighted by Crippen LogP contribution is 2.31. The first-order valence-electron chi connectivity index (χ1n) is 9.97. The predicted molar refractivity (Wildman–Crippen MR) is 117 cm³/mol. The number of aromatic nitrogens is 3. The Morgan fingerprint density at radius 2 is 1.73 bits per heavy atom. The molecular weight excluding hydrogens is 437 g/mol. The summed E-state index contributed by atoms with van der Waals surface area (Å²) in [7, 11) is 0. The summed E-state index contributed by atoms with van der Waals surface area (Å²) in [6, 6.07) is 9.79. The molecule has 0 fully saturated rings. The van der Waals surface area contributed by atoms with E-state index < -0.39 is 35.4 Å². The molecule has 0 bridgehead atoms. The van der Waals surface area contributed by atoms with Crippen LogP contribution in [0.5, 0.6) is 0 Å². The quantitative estimate of drug-likeness (QED) is 0.434. The Hall–Kier alpha value is -3.76. The van der Waals surface area contributed by atoms with E-state index in [1.54, 1.807) is 6.92 Å². The van der Waals surface area contributed by atoms with Gasteiger partial charge in [0.2, 0.25) is 5.95 Å². The molecule has 0 spiro atoms. The molecule has 33 heavy (non-hydrogen) atoms. The molecule has 170 valence electrons. The van der Waals surface area contributed by atoms with Gasteiger partial charge in [0.1, 0.15) is 29.9 Å². The highest BCUT2D eigenvalue weighted by Gasteiger charge is 2.21. The molecule has 2 aromatic heterocycles. The molecular formula is C23H19F3N4O3. The van der Waals surface area contributed by atoms with Crippen LogP contribution in [0.3, 0.4) is 0 Å². The van der Waals surface area contributed by atoms with Crippen molar-refractivity contribution in [2.24, 2.45) is 0 Å². The molecule has 0 radical (unpaired) electrons. The van der Waals surface area contributed by atoms with E-state index in [2.05, 4.69) is 9.97 Å². The molecule has 0 aliphatic heterocycles. The highest BCUT2D eigenvalue weighted by atomic mass is 19.1. The van der Waals surface area contributed by atoms with Crippen LogP contribution in [0.15, 0.2) is 53.3 Å². The summed E-state index contributed by atoms with van der Waals surface area (Å²) in [5.41, 5.74) is -0.200. The van der Waals surface area contributed by atoms with Gasteiger partial charge in [-0.1, -0.05) is 6.07 Å². The van der Waals surface area contributed by atoms with Crippen LogP contribution in [0.4, 0.5) is 19.1 Å². The summed E-state index contributed by atoms with van der Waals surface area (Å²) >= 11 is 0. The van der Waals surface area contributed by atoms with Crippen molar-refractivity contribution in [1.82, 2.24) is 14.5 Å². The molecule has 2 aromatic carbocycles. The topological polar surface area (TPSA) is 91.5 Å². The van der Waals surface area contributed by atoms with Gasteiger partial charge < -0.3 is 15.1 Å². The number of para-hydroxylation sites is 1. The Bertz CT molecular complexity index is 1390. The number of hydrogen-bond acceptors (Lipinski definition) is 6. The maximum Gasteiger partial charge on any atom is 0.256 e. The number of fused-ring (bicyclic) bond motifs is 1. The van der Waals surface area contributed by atoms with Crippen LogP contribution < -0.4 is 10.5 Å². The lowest BCUT2D eigenvalue weighted by molar-refractivity contribution is 0.256. The second-order valence-corrected chi connectivity index (χ2v) is 7.27. The van der Waals surface area contributed by atoms with E-state index in [0.29, 0.717) is 11.1 Å². The molecule has 2 N–H and O–H groups in total. The van der Waals surface area contributed by atoms with Gasteiger partial charge in [-0.15, -0.1) is 0 Å². The van der Waals surface area contributed by atoms with Crippen LogP contribution >= 0.6 is 0 Å². The van der Waals surface area contributed by atoms with Gasteiger partial charge in [-0.25, -0.2) is 18.2 Å². The lowest BCUT2D eigenvalue weighted by atomic mass is 10.0. The zero-order valence-electron chi connectivity index (χ0n) is 17.5. The number of rotatable bonds is 6. The first-order valence-corrected chi connectivity index (χ1v) is 9.97. The van der Waals surface area contributed by atoms with Gasteiger partial charge in [-0.2, -0.15) is 4.98 Å². The fourth-order valence-corrected chi connectivity index (χ4v) is 3.62. The molecule has 2 heterocycles. The molecule has 4 rings (SSSR count). The Kier molecular flexibility index (Phi) is 6.12. The lowest BCUT2D eigenvalue weighted by Crippen LogP contribution is -2.30. The zero-order valence-corrected chi connectivity index (χ0v) is 17.5. The van der Waals surface area contributed by atoms with Gasteiger partial charge >= 0.3 is 0 Å². The summed E-state index contributed by atoms with van der Waals surface area (Å²) in [4.78, 5) is 22.8. The molecule has 0 saturated carbocycles. The molecule has 0 unspecified atom stereocenters. The molecule has 7 nitrogen and oxygen atoms in total. The van der Waals surface area contributed by atoms with Gasteiger partial charge in [0.25, 0.3) is 5.56 Å². The molecule has 0 amide bonds. The zero-order chi connectivity index (χ0) is 23.7. The van der Waals surface area contributed by atoms with Gasteiger partial charge in [0.05, 0.1) is 12.3 Å². The van der Waals surface area contributed by atoms with Gasteiger partial charge in [0.15, 0.2) is 5.65 Å². The van der Waals surface area contributed by atoms with Crippen molar-refractivity contribution < 1.29 is 23.4 Å². The Morgan fingerprint density at radius 1 is 1.00 bits per heavy atom. The average molecular weight is 456 g/mol. The van der Waals surface area contributed by atoms with E-state index in [1.807, 2.05) is 0 Å². The molecule has 0 saturated heterocycles. The van der Waals surface area contributed by atoms with E-state index in [-0.39, 0.29) is 35.8 Å². The fraction of sp³-hybridized carbons (Fsp3) is 0.174. The van der Waals surface area contributed by atoms with Crippen LogP contribution in [-0.4, -0.2) is 44.6 Å². The maximum absolute atomic E-state index is 14.7. The van der Waals surface area contributed by atoms with E-state index >= 15 is 0 Å². The van der Waals surface area contributed by atoms with Crippen LogP contribution in [0.2, 0.25) is 0 Å². The molecule has 10 heteroatoms. The molecule has 0 aliphatic rings. The largest absolute Gasteiger partial charge is 0.395 e. The summed E-state index contributed by atoms with van der Waals surface area (Å²) in [6.45, 7) is 0.709. The number of aliphatic hydroxyl groups is 2. The molecule has 0 aliphatic carbocycles. The Balaban J connectivity index is 2.15. The normalized spacial score (nSPS) is 11.2. The maximum atomic E-state index is 14.7. The van der Waals surface area contributed by atoms with Crippen molar-refractivity contribution in [3.63, 3.8) is 0 Å². The van der Waals surface area contributed by atoms with Crippen molar-refractivity contribution in [1.29, 1.82) is 0 Å². The second-order valence-electron chi connectivity index (χ2n) is 7.27. The lowest BCUT2D eigenvalue weighted by Gasteiger charge is -2.21. The number of benzene rings is 2. The first kappa shape index (κ1) is 22.4.